The number of β-amino-alcohol motifs (C(OH)–C–C–N with tert-alkyl or cyclic N) is 1. The fourth-order valence-corrected chi connectivity index (χ4v) is 2.43. The van der Waals surface area contributed by atoms with Crippen molar-refractivity contribution in [3.8, 4) is 0 Å². The van der Waals surface area contributed by atoms with Crippen molar-refractivity contribution >= 4 is 23.5 Å². The van der Waals surface area contributed by atoms with Crippen LogP contribution < -0.4 is 0 Å². The van der Waals surface area contributed by atoms with Gasteiger partial charge in [0, 0.05) is 18.0 Å². The average Bonchev–Trinajstić information content (AvgIpc) is 2.74. The van der Waals surface area contributed by atoms with E-state index in [0.29, 0.717) is 10.6 Å². The maximum Gasteiger partial charge on any atom is 0.326 e. The van der Waals surface area contributed by atoms with E-state index in [2.05, 4.69) is 0 Å². The zero-order valence-corrected chi connectivity index (χ0v) is 10.9. The zero-order chi connectivity index (χ0) is 14.0. The summed E-state index contributed by atoms with van der Waals surface area (Å²) in [6.07, 6.45) is -0.670. The molecule has 102 valence electrons. The summed E-state index contributed by atoms with van der Waals surface area (Å²) < 4.78 is 0. The SMILES string of the molecule is O=C(O)[C@H]1C[C@@H](O)CN1C(=O)Cc1ccccc1Cl. The molecule has 1 heterocycles. The molecule has 1 aliphatic rings. The summed E-state index contributed by atoms with van der Waals surface area (Å²) in [5.41, 5.74) is 0.652. The lowest BCUT2D eigenvalue weighted by Gasteiger charge is -2.21. The highest BCUT2D eigenvalue weighted by Crippen LogP contribution is 2.21. The lowest BCUT2D eigenvalue weighted by molar-refractivity contribution is -0.148. The fraction of sp³-hybridized carbons (Fsp3) is 0.385. The summed E-state index contributed by atoms with van der Waals surface area (Å²) in [5, 5.41) is 19.0. The first-order valence-corrected chi connectivity index (χ1v) is 6.30. The number of carboxylic acids is 1. The Balaban J connectivity index is 2.11. The Morgan fingerprint density at radius 3 is 2.68 bits per heavy atom. The van der Waals surface area contributed by atoms with E-state index in [1.54, 1.807) is 24.3 Å². The van der Waals surface area contributed by atoms with E-state index in [1.165, 1.54) is 4.90 Å². The van der Waals surface area contributed by atoms with Crippen LogP contribution in [0.4, 0.5) is 0 Å². The van der Waals surface area contributed by atoms with Gasteiger partial charge in [0.2, 0.25) is 5.91 Å². The third kappa shape index (κ3) is 3.05. The molecule has 0 saturated carbocycles. The van der Waals surface area contributed by atoms with E-state index in [1.807, 2.05) is 0 Å². The maximum atomic E-state index is 12.1. The second kappa shape index (κ2) is 5.59. The fourth-order valence-electron chi connectivity index (χ4n) is 2.23. The van der Waals surface area contributed by atoms with Crippen LogP contribution in [0.2, 0.25) is 5.02 Å². The summed E-state index contributed by atoms with van der Waals surface area (Å²) in [5.74, 6) is -1.43. The van der Waals surface area contributed by atoms with E-state index in [9.17, 15) is 14.7 Å². The normalized spacial score (nSPS) is 22.5. The number of aliphatic hydroxyl groups is 1. The van der Waals surface area contributed by atoms with Gasteiger partial charge in [0.05, 0.1) is 12.5 Å². The first-order chi connectivity index (χ1) is 8.99. The van der Waals surface area contributed by atoms with E-state index in [4.69, 9.17) is 16.7 Å². The Kier molecular flexibility index (Phi) is 4.07. The number of carbonyl (C=O) groups excluding carboxylic acids is 1. The standard InChI is InChI=1S/C13H14ClNO4/c14-10-4-2-1-3-8(10)5-12(17)15-7-9(16)6-11(15)13(18)19/h1-4,9,11,16H,5-7H2,(H,18,19)/t9-,11-/m1/s1. The summed E-state index contributed by atoms with van der Waals surface area (Å²) in [6.45, 7) is 0.0558. The van der Waals surface area contributed by atoms with Crippen molar-refractivity contribution in [2.75, 3.05) is 6.54 Å². The van der Waals surface area contributed by atoms with Crippen LogP contribution >= 0.6 is 11.6 Å². The van der Waals surface area contributed by atoms with Gasteiger partial charge in [-0.15, -0.1) is 0 Å². The predicted molar refractivity (Wildman–Crippen MR) is 68.9 cm³/mol. The molecule has 0 bridgehead atoms. The number of hydrogen-bond donors (Lipinski definition) is 2. The van der Waals surface area contributed by atoms with Crippen molar-refractivity contribution in [3.05, 3.63) is 34.9 Å². The van der Waals surface area contributed by atoms with Crippen LogP contribution in [0.15, 0.2) is 24.3 Å². The van der Waals surface area contributed by atoms with Crippen molar-refractivity contribution in [2.24, 2.45) is 0 Å². The molecule has 1 aromatic rings. The molecule has 1 saturated heterocycles. The highest BCUT2D eigenvalue weighted by molar-refractivity contribution is 6.31. The van der Waals surface area contributed by atoms with Crippen LogP contribution in [-0.2, 0) is 16.0 Å². The molecule has 0 spiro atoms. The Morgan fingerprint density at radius 2 is 2.05 bits per heavy atom. The van der Waals surface area contributed by atoms with Crippen LogP contribution in [0.3, 0.4) is 0 Å². The molecular formula is C13H14ClNO4. The molecule has 2 N–H and O–H groups in total. The monoisotopic (exact) mass is 283 g/mol. The van der Waals surface area contributed by atoms with Gasteiger partial charge in [0.15, 0.2) is 0 Å². The number of amides is 1. The van der Waals surface area contributed by atoms with Gasteiger partial charge in [0.1, 0.15) is 6.04 Å². The third-order valence-corrected chi connectivity index (χ3v) is 3.55. The molecule has 0 aliphatic carbocycles. The van der Waals surface area contributed by atoms with E-state index in [-0.39, 0.29) is 25.3 Å². The van der Waals surface area contributed by atoms with Gasteiger partial charge in [0.25, 0.3) is 0 Å². The number of carboxylic acid groups (broad SMARTS) is 1. The summed E-state index contributed by atoms with van der Waals surface area (Å²) in [4.78, 5) is 24.4. The summed E-state index contributed by atoms with van der Waals surface area (Å²) >= 11 is 5.97. The van der Waals surface area contributed by atoms with Crippen LogP contribution in [0, 0.1) is 0 Å². The highest BCUT2D eigenvalue weighted by atomic mass is 35.5. The number of carbonyl (C=O) groups is 2. The topological polar surface area (TPSA) is 77.8 Å². The number of benzene rings is 1. The Hall–Kier alpha value is -1.59. The quantitative estimate of drug-likeness (QED) is 0.865. The van der Waals surface area contributed by atoms with Gasteiger partial charge >= 0.3 is 5.97 Å². The number of hydrogen-bond acceptors (Lipinski definition) is 3. The summed E-state index contributed by atoms with van der Waals surface area (Å²) in [7, 11) is 0. The number of rotatable bonds is 3. The Bertz CT molecular complexity index is 505. The molecule has 0 unspecified atom stereocenters. The Labute approximate surface area is 115 Å². The average molecular weight is 284 g/mol. The van der Waals surface area contributed by atoms with Crippen molar-refractivity contribution in [1.82, 2.24) is 4.90 Å². The van der Waals surface area contributed by atoms with Gasteiger partial charge in [-0.25, -0.2) is 4.79 Å². The van der Waals surface area contributed by atoms with Crippen LogP contribution in [-0.4, -0.2) is 45.7 Å². The van der Waals surface area contributed by atoms with E-state index < -0.39 is 18.1 Å². The molecule has 19 heavy (non-hydrogen) atoms. The minimum atomic E-state index is -1.09. The van der Waals surface area contributed by atoms with Crippen molar-refractivity contribution in [1.29, 1.82) is 0 Å². The van der Waals surface area contributed by atoms with Crippen LogP contribution in [0.25, 0.3) is 0 Å². The van der Waals surface area contributed by atoms with E-state index >= 15 is 0 Å². The van der Waals surface area contributed by atoms with Crippen molar-refractivity contribution < 1.29 is 19.8 Å². The molecule has 5 nitrogen and oxygen atoms in total. The smallest absolute Gasteiger partial charge is 0.326 e. The molecule has 0 aromatic heterocycles. The molecule has 1 amide bonds. The molecule has 1 aliphatic heterocycles. The van der Waals surface area contributed by atoms with Gasteiger partial charge in [-0.3, -0.25) is 4.79 Å². The zero-order valence-electron chi connectivity index (χ0n) is 10.1. The van der Waals surface area contributed by atoms with Crippen molar-refractivity contribution in [2.45, 2.75) is 25.0 Å². The highest BCUT2D eigenvalue weighted by Gasteiger charge is 2.38. The molecule has 6 heteroatoms. The molecular weight excluding hydrogens is 270 g/mol. The minimum Gasteiger partial charge on any atom is -0.480 e. The minimum absolute atomic E-state index is 0.0379. The largest absolute Gasteiger partial charge is 0.480 e. The Morgan fingerprint density at radius 1 is 1.37 bits per heavy atom. The lowest BCUT2D eigenvalue weighted by Crippen LogP contribution is -2.41. The van der Waals surface area contributed by atoms with Gasteiger partial charge < -0.3 is 15.1 Å². The number of likely N-dealkylation sites (tertiary alicyclic amines) is 1. The number of aliphatic hydroxyl groups excluding tert-OH is 1. The second-order valence-electron chi connectivity index (χ2n) is 4.56. The predicted octanol–water partition coefficient (Wildman–Crippen LogP) is 0.929. The first kappa shape index (κ1) is 13.8. The molecule has 2 rings (SSSR count). The first-order valence-electron chi connectivity index (χ1n) is 5.92. The van der Waals surface area contributed by atoms with Crippen LogP contribution in [0.1, 0.15) is 12.0 Å². The summed E-state index contributed by atoms with van der Waals surface area (Å²) in [6, 6.07) is 5.98. The maximum absolute atomic E-state index is 12.1. The molecule has 1 aromatic carbocycles. The number of halogens is 1. The lowest BCUT2D eigenvalue weighted by atomic mass is 10.1. The van der Waals surface area contributed by atoms with E-state index in [0.717, 1.165) is 0 Å². The van der Waals surface area contributed by atoms with Gasteiger partial charge in [-0.1, -0.05) is 29.8 Å². The van der Waals surface area contributed by atoms with Gasteiger partial charge in [-0.2, -0.15) is 0 Å². The molecule has 0 radical (unpaired) electrons. The van der Waals surface area contributed by atoms with Crippen molar-refractivity contribution in [3.63, 3.8) is 0 Å². The second-order valence-corrected chi connectivity index (χ2v) is 4.97. The molecule has 1 fully saturated rings. The third-order valence-electron chi connectivity index (χ3n) is 3.18. The molecule has 2 atom stereocenters. The number of aliphatic carboxylic acids is 1. The van der Waals surface area contributed by atoms with Crippen LogP contribution in [0.5, 0.6) is 0 Å². The van der Waals surface area contributed by atoms with Gasteiger partial charge in [-0.05, 0) is 11.6 Å². The number of nitrogens with zero attached hydrogens (tertiary/aromatic N) is 1.